The first-order chi connectivity index (χ1) is 14.6. The van der Waals surface area contributed by atoms with Crippen LogP contribution in [0.2, 0.25) is 0 Å². The molecule has 0 radical (unpaired) electrons. The maximum absolute atomic E-state index is 12.5. The van der Waals surface area contributed by atoms with E-state index >= 15 is 0 Å². The molecule has 1 saturated heterocycles. The van der Waals surface area contributed by atoms with Gasteiger partial charge < -0.3 is 24.8 Å². The molecule has 164 valence electrons. The van der Waals surface area contributed by atoms with Gasteiger partial charge in [0.05, 0.1) is 12.8 Å². The number of ether oxygens (including phenoxy) is 1. The van der Waals surface area contributed by atoms with Crippen molar-refractivity contribution in [2.45, 2.75) is 64.0 Å². The summed E-state index contributed by atoms with van der Waals surface area (Å²) in [5, 5.41) is 3.45. The highest BCUT2D eigenvalue weighted by Gasteiger charge is 2.32. The lowest BCUT2D eigenvalue weighted by molar-refractivity contribution is -0.118. The van der Waals surface area contributed by atoms with Gasteiger partial charge in [0.2, 0.25) is 11.9 Å². The van der Waals surface area contributed by atoms with Gasteiger partial charge in [0.1, 0.15) is 5.69 Å². The third-order valence-corrected chi connectivity index (χ3v) is 6.44. The van der Waals surface area contributed by atoms with Crippen LogP contribution in [0.3, 0.4) is 0 Å². The molecule has 1 aromatic rings. The second-order valence-electron chi connectivity index (χ2n) is 8.34. The van der Waals surface area contributed by atoms with E-state index < -0.39 is 0 Å². The van der Waals surface area contributed by atoms with E-state index in [1.165, 1.54) is 12.8 Å². The Bertz CT molecular complexity index is 774. The number of fused-ring (bicyclic) bond motifs is 1. The largest absolute Gasteiger partial charge is 0.450 e. The minimum atomic E-state index is -0.239. The van der Waals surface area contributed by atoms with E-state index in [0.29, 0.717) is 44.7 Å². The highest BCUT2D eigenvalue weighted by Crippen LogP contribution is 2.36. The molecule has 2 aliphatic heterocycles. The quantitative estimate of drug-likeness (QED) is 0.807. The van der Waals surface area contributed by atoms with Gasteiger partial charge in [-0.05, 0) is 32.6 Å². The molecule has 0 spiro atoms. The summed E-state index contributed by atoms with van der Waals surface area (Å²) >= 11 is 0. The number of anilines is 3. The Labute approximate surface area is 177 Å². The van der Waals surface area contributed by atoms with Crippen LogP contribution in [0.15, 0.2) is 6.20 Å². The van der Waals surface area contributed by atoms with Crippen molar-refractivity contribution in [2.75, 3.05) is 48.4 Å². The molecule has 0 aromatic carbocycles. The molecule has 2 amide bonds. The molecule has 0 bridgehead atoms. The lowest BCUT2D eigenvalue weighted by atomic mass is 10.1. The molecule has 9 heteroatoms. The predicted molar refractivity (Wildman–Crippen MR) is 115 cm³/mol. The fraction of sp³-hybridized carbons (Fsp3) is 0.714. The third kappa shape index (κ3) is 4.29. The summed E-state index contributed by atoms with van der Waals surface area (Å²) in [6.07, 6.45) is 8.44. The number of likely N-dealkylation sites (tertiary alicyclic amines) is 1. The monoisotopic (exact) mass is 416 g/mol. The van der Waals surface area contributed by atoms with Gasteiger partial charge in [-0.3, -0.25) is 4.79 Å². The fourth-order valence-corrected chi connectivity index (χ4v) is 4.68. The summed E-state index contributed by atoms with van der Waals surface area (Å²) < 4.78 is 5.09. The van der Waals surface area contributed by atoms with Crippen molar-refractivity contribution in [1.82, 2.24) is 14.9 Å². The van der Waals surface area contributed by atoms with Crippen LogP contribution >= 0.6 is 0 Å². The van der Waals surface area contributed by atoms with Gasteiger partial charge in [0, 0.05) is 45.2 Å². The zero-order chi connectivity index (χ0) is 21.1. The Morgan fingerprint density at radius 2 is 1.93 bits per heavy atom. The molecule has 1 N–H and O–H groups in total. The highest BCUT2D eigenvalue weighted by molar-refractivity contribution is 5.97. The van der Waals surface area contributed by atoms with E-state index in [2.05, 4.69) is 15.2 Å². The van der Waals surface area contributed by atoms with E-state index in [0.717, 1.165) is 37.2 Å². The molecule has 1 aromatic heterocycles. The second kappa shape index (κ2) is 9.06. The molecule has 2 fully saturated rings. The summed E-state index contributed by atoms with van der Waals surface area (Å²) in [7, 11) is 1.81. The highest BCUT2D eigenvalue weighted by atomic mass is 16.6. The average molecular weight is 417 g/mol. The van der Waals surface area contributed by atoms with Crippen molar-refractivity contribution >= 4 is 29.5 Å². The summed E-state index contributed by atoms with van der Waals surface area (Å²) in [4.78, 5) is 39.5. The maximum atomic E-state index is 12.5. The molecule has 30 heavy (non-hydrogen) atoms. The fourth-order valence-electron chi connectivity index (χ4n) is 4.68. The van der Waals surface area contributed by atoms with Crippen molar-refractivity contribution in [1.29, 1.82) is 0 Å². The third-order valence-electron chi connectivity index (χ3n) is 6.44. The Balaban J connectivity index is 1.48. The number of carbonyl (C=O) groups excluding carboxylic acids is 2. The summed E-state index contributed by atoms with van der Waals surface area (Å²) in [5.41, 5.74) is 0.784. The van der Waals surface area contributed by atoms with E-state index in [9.17, 15) is 9.59 Å². The molecule has 1 aliphatic carbocycles. The van der Waals surface area contributed by atoms with Crippen molar-refractivity contribution in [3.05, 3.63) is 6.20 Å². The van der Waals surface area contributed by atoms with E-state index in [1.807, 2.05) is 6.92 Å². The molecule has 1 saturated carbocycles. The van der Waals surface area contributed by atoms with Crippen LogP contribution in [-0.2, 0) is 9.53 Å². The van der Waals surface area contributed by atoms with Crippen LogP contribution in [0.1, 0.15) is 51.9 Å². The molecule has 3 aliphatic rings. The number of hydrogen-bond acceptors (Lipinski definition) is 7. The first-order valence-corrected chi connectivity index (χ1v) is 11.1. The van der Waals surface area contributed by atoms with Gasteiger partial charge >= 0.3 is 6.09 Å². The van der Waals surface area contributed by atoms with Gasteiger partial charge in [0.15, 0.2) is 5.82 Å². The summed E-state index contributed by atoms with van der Waals surface area (Å²) in [6.45, 7) is 4.24. The van der Waals surface area contributed by atoms with Crippen LogP contribution in [0.4, 0.5) is 22.2 Å². The maximum Gasteiger partial charge on any atom is 0.409 e. The number of piperidine rings is 1. The number of aromatic nitrogens is 2. The first-order valence-electron chi connectivity index (χ1n) is 11.1. The SMILES string of the molecule is CCOC(=O)N1CCC(Nc2ncc3c(n2)N(C2CCCC2)CCC(=O)N3C)CC1. The van der Waals surface area contributed by atoms with Crippen LogP contribution in [-0.4, -0.2) is 72.2 Å². The van der Waals surface area contributed by atoms with E-state index in [-0.39, 0.29) is 18.0 Å². The molecular weight excluding hydrogens is 384 g/mol. The Kier molecular flexibility index (Phi) is 6.24. The lowest BCUT2D eigenvalue weighted by Gasteiger charge is -2.32. The summed E-state index contributed by atoms with van der Waals surface area (Å²) in [6, 6.07) is 0.650. The molecular formula is C21H32N6O3. The van der Waals surface area contributed by atoms with Crippen LogP contribution in [0, 0.1) is 0 Å². The second-order valence-corrected chi connectivity index (χ2v) is 8.34. The number of nitrogens with one attached hydrogen (secondary N) is 1. The normalized spacial score (nSPS) is 20.9. The zero-order valence-electron chi connectivity index (χ0n) is 18.0. The van der Waals surface area contributed by atoms with Crippen LogP contribution in [0.25, 0.3) is 0 Å². The average Bonchev–Trinajstić information content (AvgIpc) is 3.25. The van der Waals surface area contributed by atoms with Crippen molar-refractivity contribution < 1.29 is 14.3 Å². The Morgan fingerprint density at radius 1 is 1.20 bits per heavy atom. The molecule has 0 atom stereocenters. The minimum absolute atomic E-state index is 0.104. The lowest BCUT2D eigenvalue weighted by Crippen LogP contribution is -2.43. The molecule has 9 nitrogen and oxygen atoms in total. The minimum Gasteiger partial charge on any atom is -0.450 e. The number of rotatable bonds is 4. The molecule has 3 heterocycles. The van der Waals surface area contributed by atoms with Crippen LogP contribution < -0.4 is 15.1 Å². The Morgan fingerprint density at radius 3 is 2.63 bits per heavy atom. The standard InChI is InChI=1S/C21H32N6O3/c1-3-30-21(29)26-11-8-15(9-12-26)23-20-22-14-17-19(24-20)27(16-6-4-5-7-16)13-10-18(28)25(17)2/h14-16H,3-13H2,1-2H3,(H,22,23,24). The van der Waals surface area contributed by atoms with Gasteiger partial charge in [0.25, 0.3) is 0 Å². The number of hydrogen-bond donors (Lipinski definition) is 1. The van der Waals surface area contributed by atoms with Gasteiger partial charge in [-0.2, -0.15) is 4.98 Å². The van der Waals surface area contributed by atoms with Gasteiger partial charge in [-0.1, -0.05) is 12.8 Å². The topological polar surface area (TPSA) is 90.9 Å². The van der Waals surface area contributed by atoms with E-state index in [1.54, 1.807) is 23.0 Å². The van der Waals surface area contributed by atoms with Gasteiger partial charge in [-0.15, -0.1) is 0 Å². The number of nitrogens with zero attached hydrogens (tertiary/aromatic N) is 5. The van der Waals surface area contributed by atoms with Crippen molar-refractivity contribution in [3.8, 4) is 0 Å². The first kappa shape index (κ1) is 20.7. The Hall–Kier alpha value is -2.58. The van der Waals surface area contributed by atoms with Crippen molar-refractivity contribution in [2.24, 2.45) is 0 Å². The number of amides is 2. The smallest absolute Gasteiger partial charge is 0.409 e. The van der Waals surface area contributed by atoms with E-state index in [4.69, 9.17) is 9.72 Å². The zero-order valence-corrected chi connectivity index (χ0v) is 18.0. The van der Waals surface area contributed by atoms with Crippen LogP contribution in [0.5, 0.6) is 0 Å². The predicted octanol–water partition coefficient (Wildman–Crippen LogP) is 2.62. The van der Waals surface area contributed by atoms with Gasteiger partial charge in [-0.25, -0.2) is 9.78 Å². The molecule has 0 unspecified atom stereocenters. The van der Waals surface area contributed by atoms with Crippen molar-refractivity contribution in [3.63, 3.8) is 0 Å². The summed E-state index contributed by atoms with van der Waals surface area (Å²) in [5.74, 6) is 1.55. The molecule has 4 rings (SSSR count). The number of carbonyl (C=O) groups is 2.